The van der Waals surface area contributed by atoms with Gasteiger partial charge in [0.05, 0.1) is 13.2 Å². The van der Waals surface area contributed by atoms with Crippen molar-refractivity contribution in [2.75, 3.05) is 13.2 Å². The first kappa shape index (κ1) is 24.5. The molecular formula is C25H42O3. The average Bonchev–Trinajstić information content (AvgIpc) is 2.67. The van der Waals surface area contributed by atoms with Gasteiger partial charge in [-0.1, -0.05) is 66.7 Å². The van der Waals surface area contributed by atoms with E-state index in [0.29, 0.717) is 24.7 Å². The number of benzene rings is 1. The predicted octanol–water partition coefficient (Wildman–Crippen LogP) is 7.25. The van der Waals surface area contributed by atoms with Crippen LogP contribution in [0.15, 0.2) is 12.1 Å². The van der Waals surface area contributed by atoms with Gasteiger partial charge in [0, 0.05) is 5.56 Å². The van der Waals surface area contributed by atoms with Gasteiger partial charge in [-0.15, -0.1) is 0 Å². The molecule has 0 radical (unpaired) electrons. The van der Waals surface area contributed by atoms with Crippen LogP contribution in [-0.2, 0) is 6.42 Å². The van der Waals surface area contributed by atoms with Gasteiger partial charge in [0.25, 0.3) is 0 Å². The molecule has 0 fully saturated rings. The van der Waals surface area contributed by atoms with E-state index in [1.54, 1.807) is 0 Å². The molecule has 1 aromatic rings. The Morgan fingerprint density at radius 3 is 2.29 bits per heavy atom. The summed E-state index contributed by atoms with van der Waals surface area (Å²) in [5.74, 6) is 3.03. The van der Waals surface area contributed by atoms with E-state index >= 15 is 0 Å². The van der Waals surface area contributed by atoms with Crippen molar-refractivity contribution in [2.24, 2.45) is 11.8 Å². The van der Waals surface area contributed by atoms with Crippen LogP contribution in [0.4, 0.5) is 0 Å². The van der Waals surface area contributed by atoms with Crippen molar-refractivity contribution in [1.29, 1.82) is 0 Å². The Kier molecular flexibility index (Phi) is 12.7. The molecule has 0 N–H and O–H groups in total. The fraction of sp³-hybridized carbons (Fsp3) is 0.720. The van der Waals surface area contributed by atoms with Crippen molar-refractivity contribution >= 4 is 6.29 Å². The monoisotopic (exact) mass is 390 g/mol. The van der Waals surface area contributed by atoms with Gasteiger partial charge in [0.1, 0.15) is 6.29 Å². The van der Waals surface area contributed by atoms with E-state index in [1.807, 2.05) is 12.1 Å². The molecule has 0 bridgehead atoms. The van der Waals surface area contributed by atoms with Gasteiger partial charge in [-0.2, -0.15) is 0 Å². The minimum atomic E-state index is 0.661. The van der Waals surface area contributed by atoms with E-state index < -0.39 is 0 Å². The van der Waals surface area contributed by atoms with Crippen molar-refractivity contribution in [1.82, 2.24) is 0 Å². The third kappa shape index (κ3) is 9.61. The third-order valence-electron chi connectivity index (χ3n) is 5.18. The van der Waals surface area contributed by atoms with E-state index in [0.717, 1.165) is 67.8 Å². The molecule has 0 amide bonds. The van der Waals surface area contributed by atoms with Gasteiger partial charge in [-0.3, -0.25) is 4.79 Å². The predicted molar refractivity (Wildman–Crippen MR) is 119 cm³/mol. The normalized spacial score (nSPS) is 12.2. The summed E-state index contributed by atoms with van der Waals surface area (Å²) in [4.78, 5) is 11.4. The van der Waals surface area contributed by atoms with Crippen LogP contribution in [0.3, 0.4) is 0 Å². The van der Waals surface area contributed by atoms with E-state index in [4.69, 9.17) is 9.47 Å². The number of ether oxygens (including phenoxy) is 2. The first-order chi connectivity index (χ1) is 13.5. The zero-order chi connectivity index (χ0) is 20.8. The highest BCUT2D eigenvalue weighted by molar-refractivity contribution is 5.77. The lowest BCUT2D eigenvalue weighted by Gasteiger charge is -2.19. The molecule has 0 saturated carbocycles. The van der Waals surface area contributed by atoms with Crippen molar-refractivity contribution in [3.63, 3.8) is 0 Å². The summed E-state index contributed by atoms with van der Waals surface area (Å²) in [6, 6.07) is 3.80. The molecule has 160 valence electrons. The third-order valence-corrected chi connectivity index (χ3v) is 5.18. The molecular weight excluding hydrogens is 348 g/mol. The molecule has 3 nitrogen and oxygen atoms in total. The molecule has 0 aliphatic rings. The lowest BCUT2D eigenvalue weighted by atomic mass is 9.97. The van der Waals surface area contributed by atoms with Gasteiger partial charge < -0.3 is 9.47 Å². The summed E-state index contributed by atoms with van der Waals surface area (Å²) in [6.45, 7) is 12.6. The largest absolute Gasteiger partial charge is 0.490 e. The SMILES string of the molecule is CCCCOc1cc(C=O)cc(CCCC)c1OCCC(C)CCCC(C)C. The van der Waals surface area contributed by atoms with Gasteiger partial charge in [-0.25, -0.2) is 0 Å². The molecule has 0 saturated heterocycles. The zero-order valence-corrected chi connectivity index (χ0v) is 18.9. The van der Waals surface area contributed by atoms with Crippen LogP contribution in [-0.4, -0.2) is 19.5 Å². The molecule has 0 aliphatic carbocycles. The number of carbonyl (C=O) groups excluding carboxylic acids is 1. The molecule has 0 aliphatic heterocycles. The van der Waals surface area contributed by atoms with Crippen molar-refractivity contribution < 1.29 is 14.3 Å². The lowest BCUT2D eigenvalue weighted by molar-refractivity contribution is 0.112. The Hall–Kier alpha value is -1.51. The van der Waals surface area contributed by atoms with E-state index in [2.05, 4.69) is 34.6 Å². The van der Waals surface area contributed by atoms with E-state index in [1.165, 1.54) is 19.3 Å². The second kappa shape index (κ2) is 14.5. The Morgan fingerprint density at radius 1 is 0.893 bits per heavy atom. The van der Waals surface area contributed by atoms with Crippen LogP contribution >= 0.6 is 0 Å². The second-order valence-electron chi connectivity index (χ2n) is 8.50. The summed E-state index contributed by atoms with van der Waals surface area (Å²) in [5, 5.41) is 0. The maximum Gasteiger partial charge on any atom is 0.164 e. The van der Waals surface area contributed by atoms with Crippen molar-refractivity contribution in [3.05, 3.63) is 23.3 Å². The van der Waals surface area contributed by atoms with Gasteiger partial charge in [-0.05, 0) is 55.2 Å². The summed E-state index contributed by atoms with van der Waals surface area (Å²) >= 11 is 0. The Morgan fingerprint density at radius 2 is 1.64 bits per heavy atom. The van der Waals surface area contributed by atoms with Gasteiger partial charge >= 0.3 is 0 Å². The number of rotatable bonds is 16. The maximum atomic E-state index is 11.4. The molecule has 3 heteroatoms. The second-order valence-corrected chi connectivity index (χ2v) is 8.50. The Balaban J connectivity index is 2.79. The van der Waals surface area contributed by atoms with Crippen LogP contribution < -0.4 is 9.47 Å². The minimum Gasteiger partial charge on any atom is -0.490 e. The molecule has 1 unspecified atom stereocenters. The number of aryl methyl sites for hydroxylation is 1. The maximum absolute atomic E-state index is 11.4. The standard InChI is InChI=1S/C25H42O3/c1-6-8-13-23-17-22(19-26)18-24(27-15-9-7-2)25(23)28-16-14-21(5)12-10-11-20(3)4/h17-21H,6-16H2,1-5H3. The highest BCUT2D eigenvalue weighted by Crippen LogP contribution is 2.34. The molecule has 0 heterocycles. The van der Waals surface area contributed by atoms with Gasteiger partial charge in [0.15, 0.2) is 11.5 Å². The summed E-state index contributed by atoms with van der Waals surface area (Å²) in [5.41, 5.74) is 1.78. The summed E-state index contributed by atoms with van der Waals surface area (Å²) in [7, 11) is 0. The fourth-order valence-corrected chi connectivity index (χ4v) is 3.28. The van der Waals surface area contributed by atoms with Gasteiger partial charge in [0.2, 0.25) is 0 Å². The topological polar surface area (TPSA) is 35.5 Å². The van der Waals surface area contributed by atoms with Crippen LogP contribution in [0.1, 0.15) is 102 Å². The zero-order valence-electron chi connectivity index (χ0n) is 18.9. The van der Waals surface area contributed by atoms with Crippen LogP contribution in [0, 0.1) is 11.8 Å². The number of aldehydes is 1. The Labute approximate surface area is 173 Å². The van der Waals surface area contributed by atoms with Crippen molar-refractivity contribution in [3.8, 4) is 11.5 Å². The summed E-state index contributed by atoms with van der Waals surface area (Å²) in [6.07, 6.45) is 11.0. The average molecular weight is 391 g/mol. The molecule has 0 aromatic heterocycles. The van der Waals surface area contributed by atoms with Crippen molar-refractivity contribution in [2.45, 2.75) is 92.4 Å². The number of unbranched alkanes of at least 4 members (excludes halogenated alkanes) is 2. The molecule has 1 rings (SSSR count). The fourth-order valence-electron chi connectivity index (χ4n) is 3.28. The Bertz CT molecular complexity index is 551. The molecule has 1 aromatic carbocycles. The van der Waals surface area contributed by atoms with Crippen LogP contribution in [0.2, 0.25) is 0 Å². The quantitative estimate of drug-likeness (QED) is 0.220. The summed E-state index contributed by atoms with van der Waals surface area (Å²) < 4.78 is 12.3. The molecule has 28 heavy (non-hydrogen) atoms. The minimum absolute atomic E-state index is 0.661. The smallest absolute Gasteiger partial charge is 0.164 e. The first-order valence-electron chi connectivity index (χ1n) is 11.4. The van der Waals surface area contributed by atoms with E-state index in [9.17, 15) is 4.79 Å². The highest BCUT2D eigenvalue weighted by atomic mass is 16.5. The lowest BCUT2D eigenvalue weighted by Crippen LogP contribution is -2.09. The number of hydrogen-bond acceptors (Lipinski definition) is 3. The number of hydrogen-bond donors (Lipinski definition) is 0. The molecule has 0 spiro atoms. The number of carbonyl (C=O) groups is 1. The highest BCUT2D eigenvalue weighted by Gasteiger charge is 2.15. The molecule has 1 atom stereocenters. The van der Waals surface area contributed by atoms with E-state index in [-0.39, 0.29) is 0 Å². The van der Waals surface area contributed by atoms with Crippen LogP contribution in [0.25, 0.3) is 0 Å². The van der Waals surface area contributed by atoms with Crippen LogP contribution in [0.5, 0.6) is 11.5 Å². The first-order valence-corrected chi connectivity index (χ1v) is 11.4.